The van der Waals surface area contributed by atoms with Gasteiger partial charge in [0.25, 0.3) is 0 Å². The highest BCUT2D eigenvalue weighted by Crippen LogP contribution is 2.40. The number of Topliss-reactive ketones (excluding diaryl/α,β-unsaturated/α-hetero) is 2. The van der Waals surface area contributed by atoms with Crippen molar-refractivity contribution in [2.24, 2.45) is 0 Å². The second-order valence-electron chi connectivity index (χ2n) is 6.03. The molecule has 25 heavy (non-hydrogen) atoms. The van der Waals surface area contributed by atoms with Crippen LogP contribution in [0.4, 0.5) is 0 Å². The number of ether oxygens (including phenoxy) is 1. The van der Waals surface area contributed by atoms with Crippen LogP contribution in [-0.4, -0.2) is 26.9 Å². The van der Waals surface area contributed by atoms with Crippen LogP contribution in [0.5, 0.6) is 23.0 Å². The molecule has 3 rings (SSSR count). The van der Waals surface area contributed by atoms with Crippen LogP contribution >= 0.6 is 0 Å². The minimum Gasteiger partial charge on any atom is -0.504 e. The third-order valence-corrected chi connectivity index (χ3v) is 4.21. The lowest BCUT2D eigenvalue weighted by Gasteiger charge is -2.25. The molecule has 1 aliphatic rings. The minimum absolute atomic E-state index is 0.0933. The molecule has 3 N–H and O–H groups in total. The fraction of sp³-hybridized carbons (Fsp3) is 0.263. The molecule has 1 heterocycles. The van der Waals surface area contributed by atoms with E-state index in [-0.39, 0.29) is 11.1 Å². The van der Waals surface area contributed by atoms with E-state index in [1.54, 1.807) is 12.1 Å². The third kappa shape index (κ3) is 3.03. The van der Waals surface area contributed by atoms with E-state index in [4.69, 9.17) is 4.74 Å². The average Bonchev–Trinajstić information content (AvgIpc) is 2.60. The molecule has 0 amide bonds. The Balaban J connectivity index is 1.99. The van der Waals surface area contributed by atoms with Gasteiger partial charge in [0, 0.05) is 5.56 Å². The number of rotatable bonds is 4. The van der Waals surface area contributed by atoms with Gasteiger partial charge in [0.2, 0.25) is 11.6 Å². The topological polar surface area (TPSA) is 104 Å². The highest BCUT2D eigenvalue weighted by atomic mass is 16.5. The van der Waals surface area contributed by atoms with Gasteiger partial charge >= 0.3 is 0 Å². The van der Waals surface area contributed by atoms with E-state index in [9.17, 15) is 24.9 Å². The van der Waals surface area contributed by atoms with E-state index in [0.29, 0.717) is 5.75 Å². The Morgan fingerprint density at radius 1 is 1.04 bits per heavy atom. The zero-order valence-electron chi connectivity index (χ0n) is 13.7. The van der Waals surface area contributed by atoms with Crippen molar-refractivity contribution in [2.45, 2.75) is 32.3 Å². The van der Waals surface area contributed by atoms with Gasteiger partial charge in [-0.2, -0.15) is 0 Å². The maximum atomic E-state index is 12.4. The van der Waals surface area contributed by atoms with Crippen molar-refractivity contribution in [3.63, 3.8) is 0 Å². The van der Waals surface area contributed by atoms with Gasteiger partial charge < -0.3 is 20.1 Å². The number of carbonyl (C=O) groups excluding carboxylic acids is 2. The van der Waals surface area contributed by atoms with Crippen LogP contribution in [0.2, 0.25) is 0 Å². The predicted molar refractivity (Wildman–Crippen MR) is 89.2 cm³/mol. The molecule has 1 unspecified atom stereocenters. The van der Waals surface area contributed by atoms with E-state index < -0.39 is 34.9 Å². The molecule has 0 bridgehead atoms. The average molecular weight is 342 g/mol. The van der Waals surface area contributed by atoms with Gasteiger partial charge in [0.1, 0.15) is 5.75 Å². The molecule has 0 saturated carbocycles. The molecule has 1 aliphatic heterocycles. The van der Waals surface area contributed by atoms with Crippen molar-refractivity contribution in [1.29, 1.82) is 0 Å². The first-order valence-corrected chi connectivity index (χ1v) is 8.05. The molecule has 1 atom stereocenters. The molecule has 2 aromatic rings. The zero-order chi connectivity index (χ0) is 18.1. The number of hydrogen-bond acceptors (Lipinski definition) is 6. The monoisotopic (exact) mass is 342 g/mol. The van der Waals surface area contributed by atoms with Crippen LogP contribution in [0.1, 0.15) is 47.4 Å². The van der Waals surface area contributed by atoms with E-state index in [2.05, 4.69) is 6.92 Å². The molecular formula is C19H18O6. The molecule has 0 aliphatic carbocycles. The Bertz CT molecular complexity index is 832. The Hall–Kier alpha value is -3.02. The number of hydrogen-bond donors (Lipinski definition) is 3. The van der Waals surface area contributed by atoms with Gasteiger partial charge in [-0.1, -0.05) is 19.4 Å². The van der Waals surface area contributed by atoms with Gasteiger partial charge in [-0.15, -0.1) is 0 Å². The molecule has 130 valence electrons. The van der Waals surface area contributed by atoms with Crippen LogP contribution in [-0.2, 0) is 11.2 Å². The number of fused-ring (bicyclic) bond motifs is 1. The summed E-state index contributed by atoms with van der Waals surface area (Å²) in [6.45, 7) is 2.08. The Labute approximate surface area is 144 Å². The lowest BCUT2D eigenvalue weighted by Crippen LogP contribution is -2.31. The van der Waals surface area contributed by atoms with Gasteiger partial charge in [-0.05, 0) is 42.7 Å². The van der Waals surface area contributed by atoms with Gasteiger partial charge in [0.05, 0.1) is 5.56 Å². The Kier molecular flexibility index (Phi) is 4.35. The van der Waals surface area contributed by atoms with Crippen molar-refractivity contribution in [3.05, 3.63) is 47.0 Å². The second-order valence-corrected chi connectivity index (χ2v) is 6.03. The molecule has 0 aromatic heterocycles. The maximum absolute atomic E-state index is 12.4. The molecular weight excluding hydrogens is 324 g/mol. The minimum atomic E-state index is -1.28. The molecule has 2 aromatic carbocycles. The first-order chi connectivity index (χ1) is 11.9. The first kappa shape index (κ1) is 16.8. The van der Waals surface area contributed by atoms with Crippen molar-refractivity contribution in [2.75, 3.05) is 0 Å². The Morgan fingerprint density at radius 2 is 1.72 bits per heavy atom. The highest BCUT2D eigenvalue weighted by Gasteiger charge is 2.37. The molecule has 0 radical (unpaired) electrons. The molecule has 0 saturated heterocycles. The number of ketones is 2. The van der Waals surface area contributed by atoms with Crippen molar-refractivity contribution >= 4 is 11.6 Å². The molecule has 6 nitrogen and oxygen atoms in total. The van der Waals surface area contributed by atoms with Crippen LogP contribution < -0.4 is 4.74 Å². The smallest absolute Gasteiger partial charge is 0.248 e. The number of aromatic hydroxyl groups is 3. The van der Waals surface area contributed by atoms with Crippen molar-refractivity contribution < 1.29 is 29.6 Å². The summed E-state index contributed by atoms with van der Waals surface area (Å²) in [5, 5.41) is 28.7. The van der Waals surface area contributed by atoms with Crippen molar-refractivity contribution in [3.8, 4) is 23.0 Å². The fourth-order valence-corrected chi connectivity index (χ4v) is 2.82. The summed E-state index contributed by atoms with van der Waals surface area (Å²) in [6.07, 6.45) is 1.58. The zero-order valence-corrected chi connectivity index (χ0v) is 13.7. The maximum Gasteiger partial charge on any atom is 0.248 e. The quantitative estimate of drug-likeness (QED) is 0.583. The predicted octanol–water partition coefficient (Wildman–Crippen LogP) is 3.03. The summed E-state index contributed by atoms with van der Waals surface area (Å²) >= 11 is 0. The number of unbranched alkanes of at least 4 members (excludes halogenated alkanes) is 1. The molecule has 6 heteroatoms. The number of aryl methyl sites for hydroxylation is 1. The van der Waals surface area contributed by atoms with E-state index in [0.717, 1.165) is 37.0 Å². The summed E-state index contributed by atoms with van der Waals surface area (Å²) in [4.78, 5) is 24.7. The summed E-state index contributed by atoms with van der Waals surface area (Å²) in [6, 6.07) is 7.32. The largest absolute Gasteiger partial charge is 0.504 e. The molecule has 0 fully saturated rings. The number of benzene rings is 2. The van der Waals surface area contributed by atoms with Gasteiger partial charge in [-0.3, -0.25) is 9.59 Å². The lowest BCUT2D eigenvalue weighted by atomic mass is 9.93. The van der Waals surface area contributed by atoms with E-state index in [1.807, 2.05) is 6.07 Å². The third-order valence-electron chi connectivity index (χ3n) is 4.21. The Morgan fingerprint density at radius 3 is 2.36 bits per heavy atom. The van der Waals surface area contributed by atoms with Crippen LogP contribution in [0.3, 0.4) is 0 Å². The summed E-state index contributed by atoms with van der Waals surface area (Å²) in [7, 11) is 0. The summed E-state index contributed by atoms with van der Waals surface area (Å²) in [5.74, 6) is -3.06. The van der Waals surface area contributed by atoms with Crippen LogP contribution in [0, 0.1) is 0 Å². The lowest BCUT2D eigenvalue weighted by molar-refractivity contribution is -0.122. The SMILES string of the molecule is CCCCc1ccc2c(c1)OC(c1cc(O)c(O)c(O)c1)C(=O)C2=O. The highest BCUT2D eigenvalue weighted by molar-refractivity contribution is 6.46. The molecule has 0 spiro atoms. The van der Waals surface area contributed by atoms with Crippen molar-refractivity contribution in [1.82, 2.24) is 0 Å². The number of phenolic OH excluding ortho intramolecular Hbond substituents is 3. The fourth-order valence-electron chi connectivity index (χ4n) is 2.82. The van der Waals surface area contributed by atoms with Gasteiger partial charge in [-0.25, -0.2) is 0 Å². The van der Waals surface area contributed by atoms with Gasteiger partial charge in [0.15, 0.2) is 23.4 Å². The van der Waals surface area contributed by atoms with E-state index >= 15 is 0 Å². The normalized spacial score (nSPS) is 16.4. The summed E-state index contributed by atoms with van der Waals surface area (Å²) < 4.78 is 5.70. The summed E-state index contributed by atoms with van der Waals surface area (Å²) in [5.41, 5.74) is 1.29. The van der Waals surface area contributed by atoms with E-state index in [1.165, 1.54) is 0 Å². The first-order valence-electron chi connectivity index (χ1n) is 8.05. The second kappa shape index (κ2) is 6.47. The van der Waals surface area contributed by atoms with Crippen LogP contribution in [0.25, 0.3) is 0 Å². The number of carbonyl (C=O) groups is 2. The standard InChI is InChI=1S/C19H18O6/c1-2-3-4-10-5-6-12-15(7-10)25-19(18(24)16(12)22)11-8-13(20)17(23)14(21)9-11/h5-9,19-21,23H,2-4H2,1H3. The van der Waals surface area contributed by atoms with Crippen LogP contribution in [0.15, 0.2) is 30.3 Å². The number of phenols is 3.